The van der Waals surface area contributed by atoms with Gasteiger partial charge in [-0.1, -0.05) is 59.3 Å². The first-order valence-corrected chi connectivity index (χ1v) is 12.0. The maximum absolute atomic E-state index is 12.5. The van der Waals surface area contributed by atoms with Gasteiger partial charge in [-0.3, -0.25) is 9.59 Å². The third-order valence-electron chi connectivity index (χ3n) is 6.91. The van der Waals surface area contributed by atoms with Gasteiger partial charge in [-0.2, -0.15) is 0 Å². The predicted octanol–water partition coefficient (Wildman–Crippen LogP) is 5.05. The van der Waals surface area contributed by atoms with Crippen molar-refractivity contribution in [2.24, 2.45) is 7.05 Å². The van der Waals surface area contributed by atoms with E-state index < -0.39 is 5.97 Å². The Labute approximate surface area is 211 Å². The van der Waals surface area contributed by atoms with Crippen LogP contribution in [0.5, 0.6) is 0 Å². The molecule has 0 fully saturated rings. The minimum Gasteiger partial charge on any atom is -0.481 e. The molecule has 3 aromatic carbocycles. The first kappa shape index (κ1) is 25.1. The van der Waals surface area contributed by atoms with Crippen LogP contribution < -0.4 is 0 Å². The molecule has 0 saturated carbocycles. The fraction of sp³-hybridized carbons (Fsp3) is 0.310. The molecule has 1 heterocycles. The first-order valence-electron chi connectivity index (χ1n) is 12.0. The number of carbonyl (C=O) groups is 2. The minimum atomic E-state index is -0.870. The van der Waals surface area contributed by atoms with Gasteiger partial charge in [0.25, 0.3) is 0 Å². The number of hydrogen-bond acceptors (Lipinski definition) is 4. The molecule has 0 spiro atoms. The largest absolute Gasteiger partial charge is 0.481 e. The quantitative estimate of drug-likeness (QED) is 0.378. The summed E-state index contributed by atoms with van der Waals surface area (Å²) in [5.74, 6) is -1.23. The topological polar surface area (TPSA) is 88.3 Å². The van der Waals surface area contributed by atoms with Crippen LogP contribution in [0.4, 0.5) is 0 Å². The van der Waals surface area contributed by atoms with Crippen molar-refractivity contribution in [1.29, 1.82) is 0 Å². The number of amides is 1. The van der Waals surface area contributed by atoms with Gasteiger partial charge in [-0.25, -0.2) is 4.68 Å². The van der Waals surface area contributed by atoms with Crippen LogP contribution in [0.15, 0.2) is 54.6 Å². The van der Waals surface area contributed by atoms with Crippen LogP contribution in [0, 0.1) is 20.8 Å². The standard InChI is InChI=1S/C29H32N4O3/c1-18-6-9-22(10-7-18)16-33(21(4)34)17-24-14-23(11-8-19(24)2)26(15-28(35)36)25-12-13-27-29(20(25)3)30-31-32(27)5/h6-14,26H,15-17H2,1-5H3,(H,35,36). The van der Waals surface area contributed by atoms with Crippen LogP contribution in [-0.2, 0) is 29.7 Å². The lowest BCUT2D eigenvalue weighted by molar-refractivity contribution is -0.137. The zero-order chi connectivity index (χ0) is 26.0. The highest BCUT2D eigenvalue weighted by atomic mass is 16.4. The van der Waals surface area contributed by atoms with Crippen molar-refractivity contribution in [2.45, 2.75) is 53.1 Å². The molecular weight excluding hydrogens is 452 g/mol. The van der Waals surface area contributed by atoms with Crippen molar-refractivity contribution < 1.29 is 14.7 Å². The molecule has 4 rings (SSSR count). The normalized spacial score (nSPS) is 12.0. The van der Waals surface area contributed by atoms with E-state index in [2.05, 4.69) is 10.3 Å². The van der Waals surface area contributed by atoms with E-state index in [-0.39, 0.29) is 18.2 Å². The summed E-state index contributed by atoms with van der Waals surface area (Å²) < 4.78 is 1.71. The third kappa shape index (κ3) is 5.30. The van der Waals surface area contributed by atoms with E-state index in [1.807, 2.05) is 87.3 Å². The van der Waals surface area contributed by atoms with Gasteiger partial charge in [-0.15, -0.1) is 5.10 Å². The van der Waals surface area contributed by atoms with Crippen molar-refractivity contribution in [3.8, 4) is 0 Å². The van der Waals surface area contributed by atoms with E-state index >= 15 is 0 Å². The van der Waals surface area contributed by atoms with E-state index in [4.69, 9.17) is 0 Å². The zero-order valence-electron chi connectivity index (χ0n) is 21.4. The predicted molar refractivity (Wildman–Crippen MR) is 140 cm³/mol. The van der Waals surface area contributed by atoms with Gasteiger partial charge in [-0.05, 0) is 60.2 Å². The Hall–Kier alpha value is -4.00. The summed E-state index contributed by atoms with van der Waals surface area (Å²) >= 11 is 0. The number of benzene rings is 3. The van der Waals surface area contributed by atoms with Crippen LogP contribution in [0.2, 0.25) is 0 Å². The van der Waals surface area contributed by atoms with E-state index in [1.165, 1.54) is 5.56 Å². The summed E-state index contributed by atoms with van der Waals surface area (Å²) in [5, 5.41) is 18.2. The van der Waals surface area contributed by atoms with Gasteiger partial charge in [0.1, 0.15) is 5.52 Å². The highest BCUT2D eigenvalue weighted by molar-refractivity contribution is 5.80. The molecule has 1 atom stereocenters. The second kappa shape index (κ2) is 10.3. The highest BCUT2D eigenvalue weighted by Crippen LogP contribution is 2.34. The van der Waals surface area contributed by atoms with E-state index in [0.717, 1.165) is 44.4 Å². The fourth-order valence-corrected chi connectivity index (χ4v) is 4.68. The molecule has 0 aliphatic rings. The van der Waals surface area contributed by atoms with Gasteiger partial charge in [0, 0.05) is 33.0 Å². The molecule has 0 bridgehead atoms. The van der Waals surface area contributed by atoms with Crippen LogP contribution in [-0.4, -0.2) is 36.9 Å². The Morgan fingerprint density at radius 1 is 1.00 bits per heavy atom. The number of nitrogens with zero attached hydrogens (tertiary/aromatic N) is 4. The molecule has 4 aromatic rings. The first-order chi connectivity index (χ1) is 17.1. The number of hydrogen-bond donors (Lipinski definition) is 1. The molecule has 7 nitrogen and oxygen atoms in total. The van der Waals surface area contributed by atoms with Crippen LogP contribution in [0.1, 0.15) is 58.2 Å². The van der Waals surface area contributed by atoms with Gasteiger partial charge in [0.15, 0.2) is 0 Å². The van der Waals surface area contributed by atoms with Gasteiger partial charge in [0.05, 0.1) is 11.9 Å². The molecule has 0 radical (unpaired) electrons. The average Bonchev–Trinajstić information content (AvgIpc) is 3.21. The molecule has 1 N–H and O–H groups in total. The molecule has 0 aliphatic heterocycles. The summed E-state index contributed by atoms with van der Waals surface area (Å²) in [6.45, 7) is 8.58. The molecule has 1 unspecified atom stereocenters. The summed E-state index contributed by atoms with van der Waals surface area (Å²) in [5.41, 5.74) is 8.75. The highest BCUT2D eigenvalue weighted by Gasteiger charge is 2.23. The van der Waals surface area contributed by atoms with E-state index in [0.29, 0.717) is 13.1 Å². The van der Waals surface area contributed by atoms with Crippen molar-refractivity contribution in [3.05, 3.63) is 93.5 Å². The van der Waals surface area contributed by atoms with Gasteiger partial charge in [0.2, 0.25) is 5.91 Å². The molecule has 0 aliphatic carbocycles. The smallest absolute Gasteiger partial charge is 0.304 e. The number of fused-ring (bicyclic) bond motifs is 1. The van der Waals surface area contributed by atoms with Gasteiger partial charge >= 0.3 is 5.97 Å². The van der Waals surface area contributed by atoms with Crippen molar-refractivity contribution in [2.75, 3.05) is 0 Å². The van der Waals surface area contributed by atoms with Crippen LogP contribution >= 0.6 is 0 Å². The monoisotopic (exact) mass is 484 g/mol. The zero-order valence-corrected chi connectivity index (χ0v) is 21.4. The number of carboxylic acid groups (broad SMARTS) is 1. The summed E-state index contributed by atoms with van der Waals surface area (Å²) in [4.78, 5) is 26.2. The Kier molecular flexibility index (Phi) is 7.20. The molecule has 0 saturated heterocycles. The number of aliphatic carboxylic acids is 1. The Bertz CT molecular complexity index is 1420. The summed E-state index contributed by atoms with van der Waals surface area (Å²) in [7, 11) is 1.84. The van der Waals surface area contributed by atoms with Gasteiger partial charge < -0.3 is 10.0 Å². The second-order valence-electron chi connectivity index (χ2n) is 9.56. The van der Waals surface area contributed by atoms with Crippen molar-refractivity contribution in [3.63, 3.8) is 0 Å². The number of carbonyl (C=O) groups excluding carboxylic acids is 1. The second-order valence-corrected chi connectivity index (χ2v) is 9.56. The fourth-order valence-electron chi connectivity index (χ4n) is 4.68. The maximum atomic E-state index is 12.5. The molecule has 7 heteroatoms. The van der Waals surface area contributed by atoms with Crippen molar-refractivity contribution in [1.82, 2.24) is 19.9 Å². The van der Waals surface area contributed by atoms with E-state index in [1.54, 1.807) is 11.6 Å². The summed E-state index contributed by atoms with van der Waals surface area (Å²) in [6, 6.07) is 18.2. The number of aryl methyl sites for hydroxylation is 4. The molecule has 186 valence electrons. The Morgan fingerprint density at radius 3 is 2.39 bits per heavy atom. The SMILES string of the molecule is CC(=O)N(Cc1ccc(C)cc1)Cc1cc(C(CC(=O)O)c2ccc3c(nnn3C)c2C)ccc1C. The Balaban J connectivity index is 1.70. The Morgan fingerprint density at radius 2 is 1.72 bits per heavy atom. The number of rotatable bonds is 8. The lowest BCUT2D eigenvalue weighted by atomic mass is 9.84. The lowest BCUT2D eigenvalue weighted by Gasteiger charge is -2.24. The maximum Gasteiger partial charge on any atom is 0.304 e. The van der Waals surface area contributed by atoms with Crippen molar-refractivity contribution >= 4 is 22.9 Å². The molecule has 1 aromatic heterocycles. The minimum absolute atomic E-state index is 0.00795. The van der Waals surface area contributed by atoms with E-state index in [9.17, 15) is 14.7 Å². The van der Waals surface area contributed by atoms with Crippen LogP contribution in [0.3, 0.4) is 0 Å². The number of carboxylic acids is 1. The van der Waals surface area contributed by atoms with Crippen LogP contribution in [0.25, 0.3) is 11.0 Å². The number of aromatic nitrogens is 3. The lowest BCUT2D eigenvalue weighted by Crippen LogP contribution is -2.28. The molecule has 36 heavy (non-hydrogen) atoms. The molecule has 1 amide bonds. The average molecular weight is 485 g/mol. The molecular formula is C29H32N4O3. The third-order valence-corrected chi connectivity index (χ3v) is 6.91. The summed E-state index contributed by atoms with van der Waals surface area (Å²) in [6.07, 6.45) is -0.0467.